The van der Waals surface area contributed by atoms with Crippen molar-refractivity contribution in [1.82, 2.24) is 0 Å². The molecule has 0 amide bonds. The third kappa shape index (κ3) is 1.47. The predicted molar refractivity (Wildman–Crippen MR) is 50.3 cm³/mol. The summed E-state index contributed by atoms with van der Waals surface area (Å²) >= 11 is 0. The Morgan fingerprint density at radius 1 is 1.46 bits per heavy atom. The van der Waals surface area contributed by atoms with E-state index >= 15 is 0 Å². The molecule has 2 nitrogen and oxygen atoms in total. The minimum Gasteiger partial charge on any atom is -0.396 e. The number of aliphatic hydroxyl groups excluding tert-OH is 2. The molecule has 1 aromatic rings. The third-order valence-corrected chi connectivity index (χ3v) is 2.64. The molecule has 0 saturated carbocycles. The predicted octanol–water partition coefficient (Wildman–Crippen LogP) is 1.27. The number of benzene rings is 1. The lowest BCUT2D eigenvalue weighted by Crippen LogP contribution is -2.08. The number of hydrogen-bond donors (Lipinski definition) is 2. The van der Waals surface area contributed by atoms with Gasteiger partial charge in [-0.2, -0.15) is 0 Å². The quantitative estimate of drug-likeness (QED) is 0.718. The number of aliphatic hydroxyl groups is 2. The Morgan fingerprint density at radius 2 is 2.23 bits per heavy atom. The maximum Gasteiger partial charge on any atom is 0.0824 e. The summed E-state index contributed by atoms with van der Waals surface area (Å²) in [6.45, 7) is -0.185. The first-order chi connectivity index (χ1) is 6.74. The fraction of sp³-hybridized carbons (Fsp3) is 0.455. The van der Waals surface area contributed by atoms with E-state index in [9.17, 15) is 5.11 Å². The van der Waals surface area contributed by atoms with E-state index in [0.29, 0.717) is 6.42 Å². The Labute approximate surface area is 79.2 Å². The number of hydrogen-bond acceptors (Lipinski definition) is 2. The van der Waals surface area contributed by atoms with Gasteiger partial charge in [0.15, 0.2) is 0 Å². The van der Waals surface area contributed by atoms with Crippen molar-refractivity contribution in [3.63, 3.8) is 0 Å². The molecule has 2 heteroatoms. The Bertz CT molecular complexity index is 327. The van der Waals surface area contributed by atoms with Gasteiger partial charge < -0.3 is 10.2 Å². The minimum atomic E-state index is -0.586. The lowest BCUT2D eigenvalue weighted by molar-refractivity contribution is 0.104. The van der Waals surface area contributed by atoms with Gasteiger partial charge in [0, 0.05) is 7.98 Å². The zero-order valence-corrected chi connectivity index (χ0v) is 7.35. The van der Waals surface area contributed by atoms with Crippen LogP contribution < -0.4 is 0 Å². The zero-order valence-electron chi connectivity index (χ0n) is 8.35. The van der Waals surface area contributed by atoms with E-state index in [2.05, 4.69) is 0 Å². The minimum absolute atomic E-state index is 0.155. The third-order valence-electron chi connectivity index (χ3n) is 2.64. The molecular formula is C11H14O2. The van der Waals surface area contributed by atoms with Crippen LogP contribution in [0.4, 0.5) is 0 Å². The highest BCUT2D eigenvalue weighted by molar-refractivity contribution is 5.34. The van der Waals surface area contributed by atoms with Crippen LogP contribution in [0.15, 0.2) is 24.3 Å². The summed E-state index contributed by atoms with van der Waals surface area (Å²) in [6.07, 6.45) is -0.468. The van der Waals surface area contributed by atoms with Crippen molar-refractivity contribution >= 4 is 0 Å². The molecule has 0 aromatic heterocycles. The molecular weight excluding hydrogens is 164 g/mol. The van der Waals surface area contributed by atoms with Gasteiger partial charge >= 0.3 is 0 Å². The Balaban J connectivity index is 2.25. The fourth-order valence-electron chi connectivity index (χ4n) is 1.95. The molecule has 0 aliphatic heterocycles. The van der Waals surface area contributed by atoms with Crippen LogP contribution in [0.2, 0.25) is 0 Å². The Kier molecular flexibility index (Phi) is 2.02. The molecule has 0 fully saturated rings. The van der Waals surface area contributed by atoms with E-state index in [1.165, 1.54) is 0 Å². The van der Waals surface area contributed by atoms with E-state index < -0.39 is 12.5 Å². The summed E-state index contributed by atoms with van der Waals surface area (Å²) in [4.78, 5) is 0. The van der Waals surface area contributed by atoms with E-state index in [-0.39, 0.29) is 12.5 Å². The van der Waals surface area contributed by atoms with Crippen molar-refractivity contribution in [2.45, 2.75) is 18.9 Å². The molecule has 0 heterocycles. The van der Waals surface area contributed by atoms with Gasteiger partial charge in [-0.25, -0.2) is 0 Å². The lowest BCUT2D eigenvalue weighted by Gasteiger charge is -2.12. The van der Waals surface area contributed by atoms with E-state index in [4.69, 9.17) is 6.48 Å². The SMILES string of the molecule is [2H]C(CO)[C@H]1Cc2ccccc2[C@H]1O. The molecule has 1 aliphatic carbocycles. The summed E-state index contributed by atoms with van der Waals surface area (Å²) in [5.41, 5.74) is 2.03. The van der Waals surface area contributed by atoms with Gasteiger partial charge in [0.25, 0.3) is 0 Å². The first-order valence-electron chi connectivity index (χ1n) is 5.10. The van der Waals surface area contributed by atoms with Crippen LogP contribution in [0.1, 0.15) is 25.0 Å². The monoisotopic (exact) mass is 179 g/mol. The molecule has 2 N–H and O–H groups in total. The van der Waals surface area contributed by atoms with E-state index in [0.717, 1.165) is 11.1 Å². The molecule has 2 rings (SSSR count). The summed E-state index contributed by atoms with van der Waals surface area (Å²) in [6, 6.07) is 7.70. The van der Waals surface area contributed by atoms with Crippen molar-refractivity contribution in [2.24, 2.45) is 5.92 Å². The first kappa shape index (κ1) is 7.54. The second-order valence-electron chi connectivity index (χ2n) is 3.43. The highest BCUT2D eigenvalue weighted by atomic mass is 16.3. The molecule has 0 bridgehead atoms. The average molecular weight is 179 g/mol. The molecule has 13 heavy (non-hydrogen) atoms. The average Bonchev–Trinajstić information content (AvgIpc) is 2.56. The van der Waals surface area contributed by atoms with Gasteiger partial charge in [0.05, 0.1) is 6.10 Å². The van der Waals surface area contributed by atoms with E-state index in [1.54, 1.807) is 0 Å². The number of rotatable bonds is 2. The number of fused-ring (bicyclic) bond motifs is 1. The lowest BCUT2D eigenvalue weighted by atomic mass is 10.0. The van der Waals surface area contributed by atoms with Gasteiger partial charge in [-0.05, 0) is 29.9 Å². The molecule has 1 aromatic carbocycles. The first-order valence-corrected chi connectivity index (χ1v) is 4.53. The molecule has 0 saturated heterocycles. The van der Waals surface area contributed by atoms with Crippen molar-refractivity contribution in [3.05, 3.63) is 35.4 Å². The van der Waals surface area contributed by atoms with E-state index in [1.807, 2.05) is 24.3 Å². The van der Waals surface area contributed by atoms with Gasteiger partial charge in [-0.15, -0.1) is 0 Å². The summed E-state index contributed by atoms with van der Waals surface area (Å²) in [7, 11) is 0. The van der Waals surface area contributed by atoms with Crippen LogP contribution in [0.25, 0.3) is 0 Å². The Morgan fingerprint density at radius 3 is 2.92 bits per heavy atom. The molecule has 0 spiro atoms. The molecule has 0 radical (unpaired) electrons. The van der Waals surface area contributed by atoms with Gasteiger partial charge in [0.1, 0.15) is 0 Å². The van der Waals surface area contributed by atoms with Crippen molar-refractivity contribution in [2.75, 3.05) is 6.61 Å². The van der Waals surface area contributed by atoms with Gasteiger partial charge in [-0.1, -0.05) is 24.3 Å². The standard InChI is InChI=1S/C11H14O2/c12-6-5-9-7-8-3-1-2-4-10(8)11(9)13/h1-4,9,11-13H,5-7H2/t9-,11-/m0/s1/i5D/t5?,9-,11-. The van der Waals surface area contributed by atoms with Gasteiger partial charge in [0.2, 0.25) is 0 Å². The van der Waals surface area contributed by atoms with Crippen molar-refractivity contribution in [3.8, 4) is 0 Å². The maximum atomic E-state index is 9.91. The van der Waals surface area contributed by atoms with Crippen molar-refractivity contribution in [1.29, 1.82) is 0 Å². The summed E-state index contributed by atoms with van der Waals surface area (Å²) in [5, 5.41) is 18.8. The highest BCUT2D eigenvalue weighted by Gasteiger charge is 2.29. The Hall–Kier alpha value is -0.860. The normalized spacial score (nSPS) is 29.5. The van der Waals surface area contributed by atoms with Crippen LogP contribution in [0, 0.1) is 5.92 Å². The van der Waals surface area contributed by atoms with Crippen LogP contribution in [-0.4, -0.2) is 16.8 Å². The van der Waals surface area contributed by atoms with Crippen LogP contribution in [0.3, 0.4) is 0 Å². The molecule has 70 valence electrons. The molecule has 1 unspecified atom stereocenters. The van der Waals surface area contributed by atoms with Crippen LogP contribution in [-0.2, 0) is 6.42 Å². The largest absolute Gasteiger partial charge is 0.396 e. The van der Waals surface area contributed by atoms with Crippen LogP contribution >= 0.6 is 0 Å². The van der Waals surface area contributed by atoms with Gasteiger partial charge in [-0.3, -0.25) is 0 Å². The zero-order chi connectivity index (χ0) is 10.1. The second-order valence-corrected chi connectivity index (χ2v) is 3.43. The molecule has 3 atom stereocenters. The second kappa shape index (κ2) is 3.48. The van der Waals surface area contributed by atoms with Crippen molar-refractivity contribution < 1.29 is 11.6 Å². The van der Waals surface area contributed by atoms with Crippen LogP contribution in [0.5, 0.6) is 0 Å². The smallest absolute Gasteiger partial charge is 0.0824 e. The maximum absolute atomic E-state index is 9.91. The summed E-state index contributed by atoms with van der Waals surface area (Å²) in [5.74, 6) is -0.155. The topological polar surface area (TPSA) is 40.5 Å². The summed E-state index contributed by atoms with van der Waals surface area (Å²) < 4.78 is 7.61. The fourth-order valence-corrected chi connectivity index (χ4v) is 1.95. The molecule has 1 aliphatic rings. The highest BCUT2D eigenvalue weighted by Crippen LogP contribution is 2.37.